The molecule has 26 heavy (non-hydrogen) atoms. The first-order valence-corrected chi connectivity index (χ1v) is 9.94. The molecule has 2 aromatic carbocycles. The Hall–Kier alpha value is -1.82. The fourth-order valence-electron chi connectivity index (χ4n) is 3.12. The van der Waals surface area contributed by atoms with Gasteiger partial charge in [0.05, 0.1) is 10.2 Å². The van der Waals surface area contributed by atoms with Gasteiger partial charge in [-0.3, -0.25) is 4.79 Å². The van der Waals surface area contributed by atoms with Crippen LogP contribution in [0, 0.1) is 6.92 Å². The highest BCUT2D eigenvalue weighted by atomic mass is 35.5. The van der Waals surface area contributed by atoms with Crippen LogP contribution in [-0.4, -0.2) is 42.0 Å². The van der Waals surface area contributed by atoms with Gasteiger partial charge in [0.15, 0.2) is 5.13 Å². The Labute approximate surface area is 166 Å². The Kier molecular flexibility index (Phi) is 4.78. The van der Waals surface area contributed by atoms with Crippen molar-refractivity contribution >= 4 is 55.8 Å². The van der Waals surface area contributed by atoms with Crippen molar-refractivity contribution < 1.29 is 4.79 Å². The summed E-state index contributed by atoms with van der Waals surface area (Å²) in [6, 6.07) is 11.3. The summed E-state index contributed by atoms with van der Waals surface area (Å²) in [7, 11) is 0. The average molecular weight is 406 g/mol. The quantitative estimate of drug-likeness (QED) is 0.609. The summed E-state index contributed by atoms with van der Waals surface area (Å²) in [6.07, 6.45) is 0. The molecule has 0 atom stereocenters. The predicted molar refractivity (Wildman–Crippen MR) is 109 cm³/mol. The van der Waals surface area contributed by atoms with E-state index in [2.05, 4.69) is 30.0 Å². The maximum absolute atomic E-state index is 12.7. The molecule has 3 aromatic rings. The molecule has 1 fully saturated rings. The molecule has 0 N–H and O–H groups in total. The number of thiazole rings is 1. The van der Waals surface area contributed by atoms with E-state index in [-0.39, 0.29) is 5.91 Å². The highest BCUT2D eigenvalue weighted by Gasteiger charge is 2.24. The maximum Gasteiger partial charge on any atom is 0.254 e. The van der Waals surface area contributed by atoms with E-state index in [1.54, 1.807) is 29.5 Å². The lowest BCUT2D eigenvalue weighted by Gasteiger charge is -2.34. The Morgan fingerprint density at radius 3 is 2.42 bits per heavy atom. The van der Waals surface area contributed by atoms with Gasteiger partial charge in [0, 0.05) is 41.8 Å². The third-order valence-electron chi connectivity index (χ3n) is 4.48. The molecular formula is C19H17Cl2N3OS. The van der Waals surface area contributed by atoms with E-state index in [4.69, 9.17) is 28.2 Å². The van der Waals surface area contributed by atoms with Crippen molar-refractivity contribution in [2.45, 2.75) is 6.92 Å². The molecule has 134 valence electrons. The number of aromatic nitrogens is 1. The molecule has 0 aliphatic carbocycles. The van der Waals surface area contributed by atoms with Crippen LogP contribution in [0.15, 0.2) is 36.4 Å². The van der Waals surface area contributed by atoms with Crippen molar-refractivity contribution in [2.75, 3.05) is 31.1 Å². The van der Waals surface area contributed by atoms with Gasteiger partial charge < -0.3 is 9.80 Å². The summed E-state index contributed by atoms with van der Waals surface area (Å²) in [4.78, 5) is 21.5. The summed E-state index contributed by atoms with van der Waals surface area (Å²) in [6.45, 7) is 4.92. The molecular weight excluding hydrogens is 389 g/mol. The normalized spacial score (nSPS) is 14.9. The van der Waals surface area contributed by atoms with Crippen LogP contribution in [0.2, 0.25) is 10.0 Å². The number of halogens is 2. The van der Waals surface area contributed by atoms with Crippen LogP contribution < -0.4 is 4.90 Å². The number of fused-ring (bicyclic) bond motifs is 1. The molecule has 1 saturated heterocycles. The van der Waals surface area contributed by atoms with Gasteiger partial charge in [0.1, 0.15) is 0 Å². The molecule has 7 heteroatoms. The zero-order valence-electron chi connectivity index (χ0n) is 14.2. The van der Waals surface area contributed by atoms with Gasteiger partial charge in [-0.25, -0.2) is 4.98 Å². The Bertz CT molecular complexity index is 960. The van der Waals surface area contributed by atoms with Crippen LogP contribution in [0.1, 0.15) is 15.9 Å². The van der Waals surface area contributed by atoms with Crippen molar-refractivity contribution in [3.05, 3.63) is 57.6 Å². The van der Waals surface area contributed by atoms with Crippen molar-refractivity contribution in [3.8, 4) is 0 Å². The van der Waals surface area contributed by atoms with Crippen molar-refractivity contribution in [1.82, 2.24) is 9.88 Å². The van der Waals surface area contributed by atoms with E-state index in [0.717, 1.165) is 23.7 Å². The van der Waals surface area contributed by atoms with E-state index < -0.39 is 0 Å². The van der Waals surface area contributed by atoms with E-state index in [1.807, 2.05) is 4.90 Å². The second-order valence-electron chi connectivity index (χ2n) is 6.40. The molecule has 4 rings (SSSR count). The molecule has 0 bridgehead atoms. The molecule has 1 aliphatic rings. The Balaban J connectivity index is 1.47. The number of hydrogen-bond donors (Lipinski definition) is 0. The van der Waals surface area contributed by atoms with Gasteiger partial charge >= 0.3 is 0 Å². The minimum atomic E-state index is -0.0334. The van der Waals surface area contributed by atoms with Gasteiger partial charge in [-0.2, -0.15) is 0 Å². The summed E-state index contributed by atoms with van der Waals surface area (Å²) in [5, 5.41) is 1.97. The number of hydrogen-bond acceptors (Lipinski definition) is 4. The largest absolute Gasteiger partial charge is 0.345 e. The topological polar surface area (TPSA) is 36.4 Å². The average Bonchev–Trinajstić information content (AvgIpc) is 3.03. The number of rotatable bonds is 2. The van der Waals surface area contributed by atoms with E-state index in [0.29, 0.717) is 28.7 Å². The first-order valence-electron chi connectivity index (χ1n) is 8.37. The SMILES string of the molecule is Cc1ccc2nc(N3CCN(C(=O)c4cc(Cl)cc(Cl)c4)CC3)sc2c1. The van der Waals surface area contributed by atoms with Crippen LogP contribution >= 0.6 is 34.5 Å². The molecule has 1 aromatic heterocycles. The molecule has 0 saturated carbocycles. The van der Waals surface area contributed by atoms with Crippen LogP contribution in [0.5, 0.6) is 0 Å². The van der Waals surface area contributed by atoms with Crippen LogP contribution in [0.4, 0.5) is 5.13 Å². The number of nitrogens with zero attached hydrogens (tertiary/aromatic N) is 3. The monoisotopic (exact) mass is 405 g/mol. The number of piperazine rings is 1. The highest BCUT2D eigenvalue weighted by molar-refractivity contribution is 7.22. The first kappa shape index (κ1) is 17.6. The van der Waals surface area contributed by atoms with E-state index in [9.17, 15) is 4.79 Å². The Morgan fingerprint density at radius 2 is 1.73 bits per heavy atom. The fourth-order valence-corrected chi connectivity index (χ4v) is 4.76. The summed E-state index contributed by atoms with van der Waals surface area (Å²) in [5.41, 5.74) is 2.80. The van der Waals surface area contributed by atoms with Gasteiger partial charge in [-0.1, -0.05) is 40.6 Å². The zero-order chi connectivity index (χ0) is 18.3. The molecule has 0 spiro atoms. The van der Waals surface area contributed by atoms with Crippen LogP contribution in [0.3, 0.4) is 0 Å². The Morgan fingerprint density at radius 1 is 1.04 bits per heavy atom. The van der Waals surface area contributed by atoms with Crippen molar-refractivity contribution in [3.63, 3.8) is 0 Å². The minimum Gasteiger partial charge on any atom is -0.345 e. The van der Waals surface area contributed by atoms with Crippen molar-refractivity contribution in [1.29, 1.82) is 0 Å². The van der Waals surface area contributed by atoms with Gasteiger partial charge in [-0.15, -0.1) is 0 Å². The molecule has 0 radical (unpaired) electrons. The van der Waals surface area contributed by atoms with Crippen LogP contribution in [-0.2, 0) is 0 Å². The standard InChI is InChI=1S/C19H17Cl2N3OS/c1-12-2-3-16-17(8-12)26-19(22-16)24-6-4-23(5-7-24)18(25)13-9-14(20)11-15(21)10-13/h2-3,8-11H,4-7H2,1H3. The number of amides is 1. The third-order valence-corrected chi connectivity index (χ3v) is 5.99. The first-order chi connectivity index (χ1) is 12.5. The zero-order valence-corrected chi connectivity index (χ0v) is 16.5. The lowest BCUT2D eigenvalue weighted by Crippen LogP contribution is -2.48. The second-order valence-corrected chi connectivity index (χ2v) is 8.29. The molecule has 1 amide bonds. The number of benzene rings is 2. The lowest BCUT2D eigenvalue weighted by molar-refractivity contribution is 0.0747. The fraction of sp³-hybridized carbons (Fsp3) is 0.263. The van der Waals surface area contributed by atoms with Crippen LogP contribution in [0.25, 0.3) is 10.2 Å². The predicted octanol–water partition coefficient (Wildman–Crippen LogP) is 4.87. The van der Waals surface area contributed by atoms with Gasteiger partial charge in [0.2, 0.25) is 0 Å². The molecule has 0 unspecified atom stereocenters. The van der Waals surface area contributed by atoms with Crippen molar-refractivity contribution in [2.24, 2.45) is 0 Å². The summed E-state index contributed by atoms with van der Waals surface area (Å²) >= 11 is 13.7. The minimum absolute atomic E-state index is 0.0334. The highest BCUT2D eigenvalue weighted by Crippen LogP contribution is 2.30. The second kappa shape index (κ2) is 7.06. The molecule has 4 nitrogen and oxygen atoms in total. The van der Waals surface area contributed by atoms with E-state index >= 15 is 0 Å². The van der Waals surface area contributed by atoms with E-state index in [1.165, 1.54) is 10.3 Å². The molecule has 1 aliphatic heterocycles. The van der Waals surface area contributed by atoms with Gasteiger partial charge in [0.25, 0.3) is 5.91 Å². The molecule has 2 heterocycles. The smallest absolute Gasteiger partial charge is 0.254 e. The number of aryl methyl sites for hydroxylation is 1. The summed E-state index contributed by atoms with van der Waals surface area (Å²) < 4.78 is 1.20. The number of carbonyl (C=O) groups is 1. The maximum atomic E-state index is 12.7. The summed E-state index contributed by atoms with van der Waals surface area (Å²) in [5.74, 6) is -0.0334. The number of anilines is 1. The lowest BCUT2D eigenvalue weighted by atomic mass is 10.2. The third kappa shape index (κ3) is 3.52. The number of carbonyl (C=O) groups excluding carboxylic acids is 1. The van der Waals surface area contributed by atoms with Gasteiger partial charge in [-0.05, 0) is 42.8 Å².